The maximum absolute atomic E-state index is 5.11. The molecule has 0 atom stereocenters. The van der Waals surface area contributed by atoms with Gasteiger partial charge in [0.1, 0.15) is 0 Å². The highest BCUT2D eigenvalue weighted by Gasteiger charge is 2.02. The molecular formula is C13H21BrN2O. The van der Waals surface area contributed by atoms with E-state index in [1.807, 2.05) is 18.2 Å². The number of rotatable bonds is 8. The van der Waals surface area contributed by atoms with E-state index < -0.39 is 0 Å². The highest BCUT2D eigenvalue weighted by atomic mass is 79.9. The van der Waals surface area contributed by atoms with Crippen molar-refractivity contribution in [2.45, 2.75) is 25.8 Å². The van der Waals surface area contributed by atoms with Gasteiger partial charge in [0.15, 0.2) is 0 Å². The minimum Gasteiger partial charge on any atom is -0.481 e. The maximum Gasteiger partial charge on any atom is 0.213 e. The van der Waals surface area contributed by atoms with Gasteiger partial charge in [-0.15, -0.1) is 0 Å². The Hall–Kier alpha value is -0.610. The number of unbranched alkanes of at least 4 members (excludes halogenated alkanes) is 2. The van der Waals surface area contributed by atoms with Crippen molar-refractivity contribution in [2.75, 3.05) is 26.0 Å². The Bertz CT molecular complexity index is 320. The zero-order chi connectivity index (χ0) is 12.5. The molecular weight excluding hydrogens is 280 g/mol. The third kappa shape index (κ3) is 6.03. The van der Waals surface area contributed by atoms with Gasteiger partial charge < -0.3 is 9.64 Å². The van der Waals surface area contributed by atoms with Crippen LogP contribution in [0.25, 0.3) is 0 Å². The number of halogens is 1. The molecule has 96 valence electrons. The van der Waals surface area contributed by atoms with E-state index in [1.165, 1.54) is 19.3 Å². The van der Waals surface area contributed by atoms with Gasteiger partial charge in [0.2, 0.25) is 5.88 Å². The third-order valence-corrected chi connectivity index (χ3v) is 3.16. The van der Waals surface area contributed by atoms with Crippen molar-refractivity contribution in [3.05, 3.63) is 23.9 Å². The second-order valence-electron chi connectivity index (χ2n) is 4.16. The fraction of sp³-hybridized carbons (Fsp3) is 0.615. The second kappa shape index (κ2) is 8.48. The van der Waals surface area contributed by atoms with Gasteiger partial charge in [-0.25, -0.2) is 4.98 Å². The molecule has 0 aromatic carbocycles. The molecule has 0 N–H and O–H groups in total. The Balaban J connectivity index is 2.31. The first-order valence-electron chi connectivity index (χ1n) is 6.00. The van der Waals surface area contributed by atoms with E-state index in [-0.39, 0.29) is 0 Å². The SMILES string of the molecule is COc1cccc(CN(C)CCCCCBr)n1. The lowest BCUT2D eigenvalue weighted by Crippen LogP contribution is -2.19. The van der Waals surface area contributed by atoms with Gasteiger partial charge in [0.05, 0.1) is 12.8 Å². The second-order valence-corrected chi connectivity index (χ2v) is 4.95. The number of hydrogen-bond donors (Lipinski definition) is 0. The molecule has 0 saturated carbocycles. The molecule has 3 nitrogen and oxygen atoms in total. The highest BCUT2D eigenvalue weighted by molar-refractivity contribution is 9.09. The fourth-order valence-corrected chi connectivity index (χ4v) is 2.06. The van der Waals surface area contributed by atoms with Crippen LogP contribution >= 0.6 is 15.9 Å². The topological polar surface area (TPSA) is 25.4 Å². The molecule has 4 heteroatoms. The Morgan fingerprint density at radius 3 is 2.82 bits per heavy atom. The molecule has 0 aliphatic carbocycles. The van der Waals surface area contributed by atoms with Crippen LogP contribution in [-0.4, -0.2) is 35.9 Å². The summed E-state index contributed by atoms with van der Waals surface area (Å²) in [5.74, 6) is 0.690. The summed E-state index contributed by atoms with van der Waals surface area (Å²) in [4.78, 5) is 6.71. The summed E-state index contributed by atoms with van der Waals surface area (Å²) >= 11 is 3.45. The third-order valence-electron chi connectivity index (χ3n) is 2.60. The molecule has 1 aromatic heterocycles. The van der Waals surface area contributed by atoms with Gasteiger partial charge in [-0.05, 0) is 32.5 Å². The molecule has 0 unspecified atom stereocenters. The lowest BCUT2D eigenvalue weighted by Gasteiger charge is -2.16. The minimum atomic E-state index is 0.690. The maximum atomic E-state index is 5.11. The summed E-state index contributed by atoms with van der Waals surface area (Å²) < 4.78 is 5.11. The zero-order valence-corrected chi connectivity index (χ0v) is 12.2. The molecule has 0 aliphatic heterocycles. The van der Waals surface area contributed by atoms with Crippen molar-refractivity contribution >= 4 is 15.9 Å². The number of ether oxygens (including phenoxy) is 1. The van der Waals surface area contributed by atoms with Crippen molar-refractivity contribution in [1.82, 2.24) is 9.88 Å². The number of nitrogens with zero attached hydrogens (tertiary/aromatic N) is 2. The normalized spacial score (nSPS) is 10.8. The van der Waals surface area contributed by atoms with E-state index in [1.54, 1.807) is 7.11 Å². The summed E-state index contributed by atoms with van der Waals surface area (Å²) in [6, 6.07) is 5.90. The minimum absolute atomic E-state index is 0.690. The molecule has 1 heterocycles. The molecule has 0 spiro atoms. The summed E-state index contributed by atoms with van der Waals surface area (Å²) in [7, 11) is 3.78. The molecule has 1 aromatic rings. The zero-order valence-electron chi connectivity index (χ0n) is 10.7. The molecule has 0 bridgehead atoms. The van der Waals surface area contributed by atoms with Crippen LogP contribution in [0.1, 0.15) is 25.0 Å². The van der Waals surface area contributed by atoms with Gasteiger partial charge >= 0.3 is 0 Å². The van der Waals surface area contributed by atoms with E-state index in [4.69, 9.17) is 4.74 Å². The van der Waals surface area contributed by atoms with Crippen molar-refractivity contribution in [2.24, 2.45) is 0 Å². The van der Waals surface area contributed by atoms with Gasteiger partial charge in [-0.3, -0.25) is 0 Å². The predicted octanol–water partition coefficient (Wildman–Crippen LogP) is 3.09. The monoisotopic (exact) mass is 300 g/mol. The van der Waals surface area contributed by atoms with Crippen LogP contribution in [0.15, 0.2) is 18.2 Å². The standard InChI is InChI=1S/C13H21BrN2O/c1-16(10-5-3-4-9-14)11-12-7-6-8-13(15-12)17-2/h6-8H,3-5,9-11H2,1-2H3. The molecule has 0 radical (unpaired) electrons. The summed E-state index contributed by atoms with van der Waals surface area (Å²) in [6.07, 6.45) is 3.78. The lowest BCUT2D eigenvalue weighted by molar-refractivity contribution is 0.312. The van der Waals surface area contributed by atoms with Crippen LogP contribution in [0.5, 0.6) is 5.88 Å². The van der Waals surface area contributed by atoms with Gasteiger partial charge in [0.25, 0.3) is 0 Å². The van der Waals surface area contributed by atoms with Crippen LogP contribution < -0.4 is 4.74 Å². The first-order chi connectivity index (χ1) is 8.26. The van der Waals surface area contributed by atoms with Crippen LogP contribution in [-0.2, 0) is 6.54 Å². The molecule has 0 amide bonds. The van der Waals surface area contributed by atoms with Gasteiger partial charge in [-0.1, -0.05) is 28.4 Å². The van der Waals surface area contributed by atoms with Gasteiger partial charge in [-0.2, -0.15) is 0 Å². The number of alkyl halides is 1. The van der Waals surface area contributed by atoms with Crippen molar-refractivity contribution < 1.29 is 4.74 Å². The van der Waals surface area contributed by atoms with Crippen molar-refractivity contribution in [3.63, 3.8) is 0 Å². The van der Waals surface area contributed by atoms with E-state index >= 15 is 0 Å². The van der Waals surface area contributed by atoms with E-state index in [0.717, 1.165) is 24.1 Å². The Kier molecular flexibility index (Phi) is 7.21. The van der Waals surface area contributed by atoms with E-state index in [9.17, 15) is 0 Å². The number of pyridine rings is 1. The fourth-order valence-electron chi connectivity index (χ4n) is 1.67. The molecule has 0 saturated heterocycles. The van der Waals surface area contributed by atoms with Crippen molar-refractivity contribution in [3.8, 4) is 5.88 Å². The van der Waals surface area contributed by atoms with Crippen LogP contribution in [0.2, 0.25) is 0 Å². The van der Waals surface area contributed by atoms with Crippen LogP contribution in [0.4, 0.5) is 0 Å². The Morgan fingerprint density at radius 1 is 1.29 bits per heavy atom. The summed E-state index contributed by atoms with van der Waals surface area (Å²) in [6.45, 7) is 2.00. The summed E-state index contributed by atoms with van der Waals surface area (Å²) in [5, 5.41) is 1.11. The van der Waals surface area contributed by atoms with E-state index in [2.05, 4.69) is 32.9 Å². The Morgan fingerprint density at radius 2 is 2.12 bits per heavy atom. The average molecular weight is 301 g/mol. The number of hydrogen-bond acceptors (Lipinski definition) is 3. The first kappa shape index (κ1) is 14.5. The number of methoxy groups -OCH3 is 1. The molecule has 0 aliphatic rings. The molecule has 1 rings (SSSR count). The lowest BCUT2D eigenvalue weighted by atomic mass is 10.2. The van der Waals surface area contributed by atoms with Crippen LogP contribution in [0, 0.1) is 0 Å². The predicted molar refractivity (Wildman–Crippen MR) is 74.8 cm³/mol. The van der Waals surface area contributed by atoms with E-state index in [0.29, 0.717) is 5.88 Å². The number of aromatic nitrogens is 1. The highest BCUT2D eigenvalue weighted by Crippen LogP contribution is 2.09. The molecule has 17 heavy (non-hydrogen) atoms. The first-order valence-corrected chi connectivity index (χ1v) is 7.13. The average Bonchev–Trinajstić information content (AvgIpc) is 2.35. The smallest absolute Gasteiger partial charge is 0.213 e. The Labute approximate surface area is 112 Å². The largest absolute Gasteiger partial charge is 0.481 e. The quantitative estimate of drug-likeness (QED) is 0.545. The van der Waals surface area contributed by atoms with Crippen molar-refractivity contribution in [1.29, 1.82) is 0 Å². The summed E-state index contributed by atoms with van der Waals surface area (Å²) in [5.41, 5.74) is 1.06. The van der Waals surface area contributed by atoms with Crippen LogP contribution in [0.3, 0.4) is 0 Å². The van der Waals surface area contributed by atoms with Gasteiger partial charge in [0, 0.05) is 17.9 Å². The molecule has 0 fully saturated rings.